The van der Waals surface area contributed by atoms with Crippen molar-refractivity contribution in [2.24, 2.45) is 0 Å². The molecule has 0 aromatic carbocycles. The SMILES string of the molecule is Cc1cc(O)n2nc(C)nc2n1. The molecule has 0 aliphatic carbocycles. The number of aromatic hydroxyl groups is 1. The molecule has 2 rings (SSSR count). The molecule has 62 valence electrons. The maximum Gasteiger partial charge on any atom is 0.255 e. The minimum Gasteiger partial charge on any atom is -0.493 e. The molecule has 0 saturated heterocycles. The van der Waals surface area contributed by atoms with Gasteiger partial charge in [-0.05, 0) is 13.8 Å². The van der Waals surface area contributed by atoms with Crippen molar-refractivity contribution in [2.75, 3.05) is 0 Å². The van der Waals surface area contributed by atoms with E-state index in [9.17, 15) is 5.11 Å². The summed E-state index contributed by atoms with van der Waals surface area (Å²) in [5, 5.41) is 13.3. The molecule has 5 nitrogen and oxygen atoms in total. The summed E-state index contributed by atoms with van der Waals surface area (Å²) >= 11 is 0. The Hall–Kier alpha value is -1.65. The Morgan fingerprint density at radius 2 is 2.08 bits per heavy atom. The third kappa shape index (κ3) is 0.903. The van der Waals surface area contributed by atoms with Crippen LogP contribution in [0.2, 0.25) is 0 Å². The number of fused-ring (bicyclic) bond motifs is 1. The molecule has 0 amide bonds. The highest BCUT2D eigenvalue weighted by Gasteiger charge is 2.04. The van der Waals surface area contributed by atoms with Gasteiger partial charge in [-0.1, -0.05) is 0 Å². The zero-order valence-corrected chi connectivity index (χ0v) is 6.81. The van der Waals surface area contributed by atoms with E-state index in [1.54, 1.807) is 19.9 Å². The summed E-state index contributed by atoms with van der Waals surface area (Å²) in [6.07, 6.45) is 0. The lowest BCUT2D eigenvalue weighted by Crippen LogP contribution is -1.93. The van der Waals surface area contributed by atoms with E-state index in [2.05, 4.69) is 15.1 Å². The molecule has 0 spiro atoms. The van der Waals surface area contributed by atoms with E-state index in [1.807, 2.05) is 0 Å². The largest absolute Gasteiger partial charge is 0.493 e. The van der Waals surface area contributed by atoms with E-state index in [0.717, 1.165) is 5.69 Å². The third-order valence-electron chi connectivity index (χ3n) is 1.53. The first-order chi connectivity index (χ1) is 5.66. The molecule has 2 heterocycles. The van der Waals surface area contributed by atoms with Crippen LogP contribution in [-0.4, -0.2) is 24.7 Å². The van der Waals surface area contributed by atoms with E-state index >= 15 is 0 Å². The smallest absolute Gasteiger partial charge is 0.255 e. The van der Waals surface area contributed by atoms with E-state index in [-0.39, 0.29) is 5.88 Å². The van der Waals surface area contributed by atoms with Crippen molar-refractivity contribution in [3.05, 3.63) is 17.6 Å². The fraction of sp³-hybridized carbons (Fsp3) is 0.286. The highest BCUT2D eigenvalue weighted by atomic mass is 16.3. The van der Waals surface area contributed by atoms with Crippen LogP contribution in [0.5, 0.6) is 5.88 Å². The van der Waals surface area contributed by atoms with Gasteiger partial charge in [-0.3, -0.25) is 0 Å². The Morgan fingerprint density at radius 1 is 1.33 bits per heavy atom. The molecule has 0 aliphatic rings. The van der Waals surface area contributed by atoms with Gasteiger partial charge in [0.1, 0.15) is 5.82 Å². The van der Waals surface area contributed by atoms with Crippen LogP contribution < -0.4 is 0 Å². The number of hydrogen-bond acceptors (Lipinski definition) is 4. The molecular weight excluding hydrogens is 156 g/mol. The van der Waals surface area contributed by atoms with Crippen molar-refractivity contribution in [2.45, 2.75) is 13.8 Å². The summed E-state index contributed by atoms with van der Waals surface area (Å²) in [6, 6.07) is 1.54. The van der Waals surface area contributed by atoms with Crippen LogP contribution in [0.3, 0.4) is 0 Å². The summed E-state index contributed by atoms with van der Waals surface area (Å²) in [4.78, 5) is 8.10. The first-order valence-electron chi connectivity index (χ1n) is 3.57. The van der Waals surface area contributed by atoms with Gasteiger partial charge in [0, 0.05) is 11.8 Å². The first kappa shape index (κ1) is 7.02. The Labute approximate surface area is 68.7 Å². The predicted octanol–water partition coefficient (Wildman–Crippen LogP) is 0.447. The second-order valence-electron chi connectivity index (χ2n) is 2.63. The quantitative estimate of drug-likeness (QED) is 0.613. The molecule has 0 atom stereocenters. The van der Waals surface area contributed by atoms with Crippen molar-refractivity contribution < 1.29 is 5.11 Å². The molecule has 2 aromatic rings. The summed E-state index contributed by atoms with van der Waals surface area (Å²) in [5.74, 6) is 1.10. The Morgan fingerprint density at radius 3 is 2.83 bits per heavy atom. The van der Waals surface area contributed by atoms with E-state index in [4.69, 9.17) is 0 Å². The highest BCUT2D eigenvalue weighted by molar-refractivity contribution is 5.33. The normalized spacial score (nSPS) is 10.8. The van der Waals surface area contributed by atoms with Crippen LogP contribution >= 0.6 is 0 Å². The second-order valence-corrected chi connectivity index (χ2v) is 2.63. The molecular formula is C7H8N4O. The molecule has 0 saturated carbocycles. The lowest BCUT2D eigenvalue weighted by atomic mass is 10.4. The molecule has 0 fully saturated rings. The zero-order valence-electron chi connectivity index (χ0n) is 6.81. The second kappa shape index (κ2) is 2.17. The average molecular weight is 164 g/mol. The molecule has 0 unspecified atom stereocenters. The van der Waals surface area contributed by atoms with Crippen molar-refractivity contribution in [3.8, 4) is 5.88 Å². The van der Waals surface area contributed by atoms with Gasteiger partial charge in [0.2, 0.25) is 5.88 Å². The van der Waals surface area contributed by atoms with E-state index in [1.165, 1.54) is 4.52 Å². The standard InChI is InChI=1S/C7H8N4O/c1-4-3-6(12)11-7(8-4)9-5(2)10-11/h3,12H,1-2H3. The summed E-state index contributed by atoms with van der Waals surface area (Å²) in [5.41, 5.74) is 0.729. The Bertz CT molecular complexity index is 434. The highest BCUT2D eigenvalue weighted by Crippen LogP contribution is 2.10. The lowest BCUT2D eigenvalue weighted by Gasteiger charge is -1.95. The molecule has 0 aliphatic heterocycles. The molecule has 12 heavy (non-hydrogen) atoms. The summed E-state index contributed by atoms with van der Waals surface area (Å²) < 4.78 is 1.31. The fourth-order valence-corrected chi connectivity index (χ4v) is 1.07. The minimum absolute atomic E-state index is 0.0677. The minimum atomic E-state index is 0.0677. The van der Waals surface area contributed by atoms with Gasteiger partial charge < -0.3 is 5.11 Å². The van der Waals surface area contributed by atoms with Gasteiger partial charge in [0.15, 0.2) is 0 Å². The molecule has 0 bridgehead atoms. The number of nitrogens with zero attached hydrogens (tertiary/aromatic N) is 4. The number of rotatable bonds is 0. The van der Waals surface area contributed by atoms with Crippen LogP contribution in [0.1, 0.15) is 11.5 Å². The molecule has 0 radical (unpaired) electrons. The molecule has 1 N–H and O–H groups in total. The van der Waals surface area contributed by atoms with Gasteiger partial charge >= 0.3 is 0 Å². The van der Waals surface area contributed by atoms with Crippen molar-refractivity contribution in [3.63, 3.8) is 0 Å². The van der Waals surface area contributed by atoms with Gasteiger partial charge in [-0.2, -0.15) is 9.50 Å². The summed E-state index contributed by atoms with van der Waals surface area (Å²) in [7, 11) is 0. The first-order valence-corrected chi connectivity index (χ1v) is 3.57. The van der Waals surface area contributed by atoms with Crippen molar-refractivity contribution in [1.82, 2.24) is 19.6 Å². The zero-order chi connectivity index (χ0) is 8.72. The fourth-order valence-electron chi connectivity index (χ4n) is 1.07. The Kier molecular flexibility index (Phi) is 1.27. The number of aromatic nitrogens is 4. The maximum atomic E-state index is 9.39. The monoisotopic (exact) mass is 164 g/mol. The maximum absolute atomic E-state index is 9.39. The summed E-state index contributed by atoms with van der Waals surface area (Å²) in [6.45, 7) is 3.55. The molecule has 2 aromatic heterocycles. The Balaban J connectivity index is 2.88. The van der Waals surface area contributed by atoms with Crippen LogP contribution in [0.15, 0.2) is 6.07 Å². The van der Waals surface area contributed by atoms with Gasteiger partial charge in [-0.25, -0.2) is 4.98 Å². The predicted molar refractivity (Wildman–Crippen MR) is 41.9 cm³/mol. The van der Waals surface area contributed by atoms with Crippen LogP contribution in [-0.2, 0) is 0 Å². The topological polar surface area (TPSA) is 63.3 Å². The van der Waals surface area contributed by atoms with Crippen molar-refractivity contribution in [1.29, 1.82) is 0 Å². The number of hydrogen-bond donors (Lipinski definition) is 1. The number of aryl methyl sites for hydroxylation is 2. The van der Waals surface area contributed by atoms with Gasteiger partial charge in [-0.15, -0.1) is 5.10 Å². The third-order valence-corrected chi connectivity index (χ3v) is 1.53. The lowest BCUT2D eigenvalue weighted by molar-refractivity contribution is 0.434. The van der Waals surface area contributed by atoms with Crippen LogP contribution in [0, 0.1) is 13.8 Å². The van der Waals surface area contributed by atoms with Crippen molar-refractivity contribution >= 4 is 5.78 Å². The van der Waals surface area contributed by atoms with Gasteiger partial charge in [0.25, 0.3) is 5.78 Å². The average Bonchev–Trinajstić information content (AvgIpc) is 2.29. The van der Waals surface area contributed by atoms with Crippen LogP contribution in [0.4, 0.5) is 0 Å². The van der Waals surface area contributed by atoms with Gasteiger partial charge in [0.05, 0.1) is 0 Å². The van der Waals surface area contributed by atoms with E-state index in [0.29, 0.717) is 11.6 Å². The van der Waals surface area contributed by atoms with Crippen LogP contribution in [0.25, 0.3) is 5.78 Å². The molecule has 5 heteroatoms. The van der Waals surface area contributed by atoms with E-state index < -0.39 is 0 Å².